The van der Waals surface area contributed by atoms with Crippen molar-refractivity contribution in [2.45, 2.75) is 39.7 Å². The Bertz CT molecular complexity index is 683. The van der Waals surface area contributed by atoms with Crippen LogP contribution in [0.3, 0.4) is 0 Å². The van der Waals surface area contributed by atoms with Crippen LogP contribution in [0.25, 0.3) is 0 Å². The Morgan fingerprint density at radius 1 is 1.32 bits per heavy atom. The highest BCUT2D eigenvalue weighted by Crippen LogP contribution is 2.29. The lowest BCUT2D eigenvalue weighted by Gasteiger charge is -2.10. The fraction of sp³-hybridized carbons (Fsp3) is 0.538. The van der Waals surface area contributed by atoms with Crippen LogP contribution in [0.1, 0.15) is 30.4 Å². The van der Waals surface area contributed by atoms with Gasteiger partial charge in [-0.25, -0.2) is 9.98 Å². The molecule has 0 aromatic carbocycles. The molecule has 2 heterocycles. The van der Waals surface area contributed by atoms with Crippen molar-refractivity contribution in [3.63, 3.8) is 0 Å². The SMILES string of the molecule is CCNC(=NCc1nncn1CC)NCc1nc(C(F)(F)F)cs1.I. The number of alkyl halides is 3. The molecule has 0 saturated carbocycles. The number of rotatable bonds is 6. The van der Waals surface area contributed by atoms with Gasteiger partial charge < -0.3 is 15.2 Å². The quantitative estimate of drug-likeness (QED) is 0.371. The molecule has 0 radical (unpaired) electrons. The maximum absolute atomic E-state index is 12.5. The van der Waals surface area contributed by atoms with Gasteiger partial charge in [0, 0.05) is 18.5 Å². The van der Waals surface area contributed by atoms with E-state index in [0.717, 1.165) is 23.3 Å². The number of nitrogens with one attached hydrogen (secondary N) is 2. The molecular weight excluding hydrogens is 470 g/mol. The van der Waals surface area contributed by atoms with Gasteiger partial charge >= 0.3 is 6.18 Å². The molecule has 0 spiro atoms. The van der Waals surface area contributed by atoms with E-state index in [1.807, 2.05) is 18.4 Å². The van der Waals surface area contributed by atoms with E-state index >= 15 is 0 Å². The van der Waals surface area contributed by atoms with Crippen LogP contribution >= 0.6 is 35.3 Å². The van der Waals surface area contributed by atoms with Crippen molar-refractivity contribution in [2.24, 2.45) is 4.99 Å². The van der Waals surface area contributed by atoms with E-state index in [1.54, 1.807) is 6.33 Å². The van der Waals surface area contributed by atoms with Crippen LogP contribution < -0.4 is 10.6 Å². The number of hydrogen-bond donors (Lipinski definition) is 2. The molecular formula is C13H19F3IN7S. The second-order valence-electron chi connectivity index (χ2n) is 4.71. The van der Waals surface area contributed by atoms with E-state index in [-0.39, 0.29) is 30.5 Å². The van der Waals surface area contributed by atoms with Crippen molar-refractivity contribution in [2.75, 3.05) is 6.54 Å². The number of aliphatic imine (C=N–C) groups is 1. The van der Waals surface area contributed by atoms with Crippen LogP contribution in [-0.2, 0) is 25.8 Å². The number of halogens is 4. The number of nitrogens with zero attached hydrogens (tertiary/aromatic N) is 5. The maximum atomic E-state index is 12.5. The molecule has 0 bridgehead atoms. The minimum atomic E-state index is -4.42. The summed E-state index contributed by atoms with van der Waals surface area (Å²) in [5, 5.41) is 15.1. The van der Waals surface area contributed by atoms with Crippen molar-refractivity contribution in [3.05, 3.63) is 28.2 Å². The first kappa shape index (κ1) is 21.6. The summed E-state index contributed by atoms with van der Waals surface area (Å²) in [5.41, 5.74) is -0.873. The molecule has 140 valence electrons. The molecule has 0 atom stereocenters. The van der Waals surface area contributed by atoms with Crippen molar-refractivity contribution in [1.82, 2.24) is 30.4 Å². The van der Waals surface area contributed by atoms with Gasteiger partial charge in [-0.2, -0.15) is 13.2 Å². The normalized spacial score (nSPS) is 12.0. The summed E-state index contributed by atoms with van der Waals surface area (Å²) in [6, 6.07) is 0. The van der Waals surface area contributed by atoms with Gasteiger partial charge in [-0.05, 0) is 13.8 Å². The molecule has 0 unspecified atom stereocenters. The van der Waals surface area contributed by atoms with E-state index in [4.69, 9.17) is 0 Å². The highest BCUT2D eigenvalue weighted by molar-refractivity contribution is 14.0. The molecule has 7 nitrogen and oxygen atoms in total. The van der Waals surface area contributed by atoms with Crippen LogP contribution in [0.15, 0.2) is 16.7 Å². The van der Waals surface area contributed by atoms with Crippen LogP contribution in [0, 0.1) is 0 Å². The second kappa shape index (κ2) is 9.89. The van der Waals surface area contributed by atoms with E-state index < -0.39 is 11.9 Å². The monoisotopic (exact) mass is 489 g/mol. The Hall–Kier alpha value is -1.44. The molecule has 0 aliphatic carbocycles. The average Bonchev–Trinajstić information content (AvgIpc) is 3.18. The Labute approximate surface area is 164 Å². The molecule has 0 aliphatic heterocycles. The third kappa shape index (κ3) is 6.41. The summed E-state index contributed by atoms with van der Waals surface area (Å²) in [5.74, 6) is 1.19. The smallest absolute Gasteiger partial charge is 0.357 e. The lowest BCUT2D eigenvalue weighted by Crippen LogP contribution is -2.36. The molecule has 0 aliphatic rings. The van der Waals surface area contributed by atoms with Crippen molar-refractivity contribution >= 4 is 41.3 Å². The molecule has 25 heavy (non-hydrogen) atoms. The predicted molar refractivity (Wildman–Crippen MR) is 99.9 cm³/mol. The molecule has 2 aromatic rings. The highest BCUT2D eigenvalue weighted by atomic mass is 127. The zero-order chi connectivity index (χ0) is 17.6. The van der Waals surface area contributed by atoms with Gasteiger partial charge in [0.25, 0.3) is 0 Å². The first-order valence-corrected chi connectivity index (χ1v) is 8.22. The maximum Gasteiger partial charge on any atom is 0.434 e. The van der Waals surface area contributed by atoms with Gasteiger partial charge in [-0.15, -0.1) is 45.5 Å². The summed E-state index contributed by atoms with van der Waals surface area (Å²) in [6.07, 6.45) is -2.79. The van der Waals surface area contributed by atoms with E-state index in [9.17, 15) is 13.2 Å². The molecule has 2 aromatic heterocycles. The zero-order valence-corrected chi connectivity index (χ0v) is 16.8. The molecule has 0 saturated heterocycles. The number of hydrogen-bond acceptors (Lipinski definition) is 5. The fourth-order valence-electron chi connectivity index (χ4n) is 1.84. The number of guanidine groups is 1. The fourth-order valence-corrected chi connectivity index (χ4v) is 2.58. The van der Waals surface area contributed by atoms with E-state index in [1.165, 1.54) is 0 Å². The van der Waals surface area contributed by atoms with Crippen molar-refractivity contribution in [3.8, 4) is 0 Å². The first-order valence-electron chi connectivity index (χ1n) is 7.34. The summed E-state index contributed by atoms with van der Waals surface area (Å²) < 4.78 is 39.5. The largest absolute Gasteiger partial charge is 0.434 e. The Kier molecular flexibility index (Phi) is 8.55. The molecule has 2 N–H and O–H groups in total. The summed E-state index contributed by atoms with van der Waals surface area (Å²) in [7, 11) is 0. The predicted octanol–water partition coefficient (Wildman–Crippen LogP) is 2.65. The zero-order valence-electron chi connectivity index (χ0n) is 13.7. The molecule has 0 fully saturated rings. The highest BCUT2D eigenvalue weighted by Gasteiger charge is 2.33. The van der Waals surface area contributed by atoms with Crippen LogP contribution in [0.5, 0.6) is 0 Å². The lowest BCUT2D eigenvalue weighted by atomic mass is 10.5. The minimum absolute atomic E-state index is 0. The van der Waals surface area contributed by atoms with Crippen molar-refractivity contribution < 1.29 is 13.2 Å². The average molecular weight is 489 g/mol. The molecule has 12 heteroatoms. The Morgan fingerprint density at radius 3 is 2.68 bits per heavy atom. The van der Waals surface area contributed by atoms with Crippen LogP contribution in [0.2, 0.25) is 0 Å². The molecule has 2 rings (SSSR count). The van der Waals surface area contributed by atoms with E-state index in [2.05, 4.69) is 30.8 Å². The van der Waals surface area contributed by atoms with Crippen LogP contribution in [-0.4, -0.2) is 32.3 Å². The van der Waals surface area contributed by atoms with Gasteiger partial charge in [0.1, 0.15) is 17.9 Å². The summed E-state index contributed by atoms with van der Waals surface area (Å²) in [6.45, 7) is 5.71. The Morgan fingerprint density at radius 2 is 2.08 bits per heavy atom. The second-order valence-corrected chi connectivity index (χ2v) is 5.65. The Balaban J connectivity index is 0.00000312. The third-order valence-electron chi connectivity index (χ3n) is 3.01. The van der Waals surface area contributed by atoms with Gasteiger partial charge in [0.05, 0.1) is 6.54 Å². The van der Waals surface area contributed by atoms with E-state index in [0.29, 0.717) is 29.9 Å². The van der Waals surface area contributed by atoms with Gasteiger partial charge in [-0.3, -0.25) is 0 Å². The molecule has 0 amide bonds. The van der Waals surface area contributed by atoms with Gasteiger partial charge in [0.15, 0.2) is 17.5 Å². The van der Waals surface area contributed by atoms with Gasteiger partial charge in [-0.1, -0.05) is 0 Å². The van der Waals surface area contributed by atoms with Crippen LogP contribution in [0.4, 0.5) is 13.2 Å². The summed E-state index contributed by atoms with van der Waals surface area (Å²) in [4.78, 5) is 7.93. The standard InChI is InChI=1S/C13H18F3N7S.HI/c1-3-17-12(18-5-10-22-20-8-23(10)4-2)19-6-11-21-9(7-24-11)13(14,15)16;/h7-8H,3-6H2,1-2H3,(H2,17,18,19);1H. The number of aromatic nitrogens is 4. The first-order chi connectivity index (χ1) is 11.4. The number of aryl methyl sites for hydroxylation is 1. The third-order valence-corrected chi connectivity index (χ3v) is 3.86. The topological polar surface area (TPSA) is 80.0 Å². The minimum Gasteiger partial charge on any atom is -0.357 e. The summed E-state index contributed by atoms with van der Waals surface area (Å²) >= 11 is 0.956. The van der Waals surface area contributed by atoms with Crippen molar-refractivity contribution in [1.29, 1.82) is 0 Å². The van der Waals surface area contributed by atoms with Gasteiger partial charge in [0.2, 0.25) is 0 Å². The lowest BCUT2D eigenvalue weighted by molar-refractivity contribution is -0.140. The number of thiazole rings is 1.